The van der Waals surface area contributed by atoms with Crippen LogP contribution in [-0.2, 0) is 9.59 Å². The van der Waals surface area contributed by atoms with Crippen molar-refractivity contribution in [1.29, 1.82) is 0 Å². The summed E-state index contributed by atoms with van der Waals surface area (Å²) in [5.74, 6) is 0.556. The number of rotatable bonds is 3. The van der Waals surface area contributed by atoms with Gasteiger partial charge in [-0.2, -0.15) is 0 Å². The van der Waals surface area contributed by atoms with Gasteiger partial charge in [-0.1, -0.05) is 26.7 Å². The zero-order valence-corrected chi connectivity index (χ0v) is 11.6. The molecule has 2 amide bonds. The molecule has 1 N–H and O–H groups in total. The molecule has 1 aliphatic heterocycles. The fourth-order valence-electron chi connectivity index (χ4n) is 3.16. The van der Waals surface area contributed by atoms with Crippen LogP contribution in [-0.4, -0.2) is 34.8 Å². The van der Waals surface area contributed by atoms with E-state index in [4.69, 9.17) is 0 Å². The maximum absolute atomic E-state index is 12.4. The van der Waals surface area contributed by atoms with E-state index in [0.717, 1.165) is 19.3 Å². The van der Waals surface area contributed by atoms with Crippen molar-refractivity contribution in [2.75, 3.05) is 0 Å². The summed E-state index contributed by atoms with van der Waals surface area (Å²) in [5.41, 5.74) is 0. The molecule has 0 bridgehead atoms. The van der Waals surface area contributed by atoms with Crippen LogP contribution >= 0.6 is 0 Å². The predicted octanol–water partition coefficient (Wildman–Crippen LogP) is 1.69. The van der Waals surface area contributed by atoms with Gasteiger partial charge in [0.15, 0.2) is 0 Å². The van der Waals surface area contributed by atoms with Crippen LogP contribution in [0.1, 0.15) is 52.9 Å². The van der Waals surface area contributed by atoms with Gasteiger partial charge in [-0.25, -0.2) is 0 Å². The Morgan fingerprint density at radius 3 is 2.44 bits per heavy atom. The molecule has 4 nitrogen and oxygen atoms in total. The van der Waals surface area contributed by atoms with E-state index in [9.17, 15) is 9.59 Å². The van der Waals surface area contributed by atoms with Crippen molar-refractivity contribution in [1.82, 2.24) is 10.2 Å². The number of nitrogens with zero attached hydrogens (tertiary/aromatic N) is 1. The van der Waals surface area contributed by atoms with E-state index >= 15 is 0 Å². The fourth-order valence-corrected chi connectivity index (χ4v) is 3.16. The van der Waals surface area contributed by atoms with E-state index in [2.05, 4.69) is 19.2 Å². The molecule has 2 unspecified atom stereocenters. The van der Waals surface area contributed by atoms with E-state index < -0.39 is 0 Å². The Labute approximate surface area is 109 Å². The third-order valence-electron chi connectivity index (χ3n) is 4.03. The predicted molar refractivity (Wildman–Crippen MR) is 69.9 cm³/mol. The highest BCUT2D eigenvalue weighted by Crippen LogP contribution is 2.29. The summed E-state index contributed by atoms with van der Waals surface area (Å²) >= 11 is 0. The van der Waals surface area contributed by atoms with Crippen LogP contribution in [0.4, 0.5) is 0 Å². The number of amides is 2. The van der Waals surface area contributed by atoms with Crippen LogP contribution < -0.4 is 5.32 Å². The second-order valence-electron chi connectivity index (χ2n) is 6.06. The summed E-state index contributed by atoms with van der Waals surface area (Å²) in [6.45, 7) is 5.99. The standard InChI is InChI=1S/C14H24N2O2/c1-9(2)8-12-13(17)15-10(3)14(18)16(12)11-6-4-5-7-11/h9-12H,4-8H2,1-3H3,(H,15,17). The average Bonchev–Trinajstić information content (AvgIpc) is 2.79. The van der Waals surface area contributed by atoms with Gasteiger partial charge in [0.2, 0.25) is 11.8 Å². The molecule has 1 saturated carbocycles. The van der Waals surface area contributed by atoms with Gasteiger partial charge in [0, 0.05) is 6.04 Å². The Morgan fingerprint density at radius 1 is 1.28 bits per heavy atom. The number of hydrogen-bond acceptors (Lipinski definition) is 2. The second kappa shape index (κ2) is 5.29. The Balaban J connectivity index is 2.20. The quantitative estimate of drug-likeness (QED) is 0.831. The lowest BCUT2D eigenvalue weighted by atomic mass is 9.96. The zero-order chi connectivity index (χ0) is 13.3. The smallest absolute Gasteiger partial charge is 0.245 e. The third-order valence-corrected chi connectivity index (χ3v) is 4.03. The van der Waals surface area contributed by atoms with E-state index in [1.807, 2.05) is 4.90 Å². The molecule has 0 aromatic heterocycles. The van der Waals surface area contributed by atoms with Gasteiger partial charge in [0.05, 0.1) is 0 Å². The molecule has 2 atom stereocenters. The van der Waals surface area contributed by atoms with Crippen LogP contribution in [0, 0.1) is 5.92 Å². The number of nitrogens with one attached hydrogen (secondary N) is 1. The molecule has 1 aliphatic carbocycles. The summed E-state index contributed by atoms with van der Waals surface area (Å²) in [5, 5.41) is 2.81. The van der Waals surface area contributed by atoms with E-state index in [1.54, 1.807) is 6.92 Å². The monoisotopic (exact) mass is 252 g/mol. The summed E-state index contributed by atoms with van der Waals surface area (Å²) < 4.78 is 0. The molecule has 2 aliphatic rings. The van der Waals surface area contributed by atoms with E-state index in [1.165, 1.54) is 12.8 Å². The normalized spacial score (nSPS) is 30.1. The summed E-state index contributed by atoms with van der Waals surface area (Å²) in [4.78, 5) is 26.4. The zero-order valence-electron chi connectivity index (χ0n) is 11.6. The first-order valence-corrected chi connectivity index (χ1v) is 7.13. The molecule has 2 rings (SSSR count). The molecule has 1 saturated heterocycles. The highest BCUT2D eigenvalue weighted by molar-refractivity contribution is 5.96. The number of piperazine rings is 1. The van der Waals surface area contributed by atoms with Crippen LogP contribution in [0.25, 0.3) is 0 Å². The fraction of sp³-hybridized carbons (Fsp3) is 0.857. The topological polar surface area (TPSA) is 49.4 Å². The van der Waals surface area contributed by atoms with Crippen LogP contribution in [0.5, 0.6) is 0 Å². The minimum absolute atomic E-state index is 0.0303. The van der Waals surface area contributed by atoms with Crippen LogP contribution in [0.15, 0.2) is 0 Å². The molecule has 102 valence electrons. The minimum atomic E-state index is -0.360. The lowest BCUT2D eigenvalue weighted by Crippen LogP contribution is -2.64. The maximum atomic E-state index is 12.4. The van der Waals surface area contributed by atoms with Crippen molar-refractivity contribution in [2.45, 2.75) is 71.0 Å². The van der Waals surface area contributed by atoms with Gasteiger partial charge in [-0.3, -0.25) is 9.59 Å². The molecular weight excluding hydrogens is 228 g/mol. The van der Waals surface area contributed by atoms with E-state index in [0.29, 0.717) is 5.92 Å². The third kappa shape index (κ3) is 2.52. The lowest BCUT2D eigenvalue weighted by Gasteiger charge is -2.42. The molecule has 18 heavy (non-hydrogen) atoms. The minimum Gasteiger partial charge on any atom is -0.343 e. The Kier molecular flexibility index (Phi) is 3.93. The summed E-state index contributed by atoms with van der Waals surface area (Å²) in [7, 11) is 0. The van der Waals surface area contributed by atoms with Crippen molar-refractivity contribution in [3.8, 4) is 0 Å². The van der Waals surface area contributed by atoms with Gasteiger partial charge in [0.1, 0.15) is 12.1 Å². The van der Waals surface area contributed by atoms with Gasteiger partial charge in [-0.05, 0) is 32.1 Å². The molecule has 0 radical (unpaired) electrons. The van der Waals surface area contributed by atoms with Crippen molar-refractivity contribution >= 4 is 11.8 Å². The van der Waals surface area contributed by atoms with Gasteiger partial charge in [-0.15, -0.1) is 0 Å². The number of carbonyl (C=O) groups is 2. The molecular formula is C14H24N2O2. The van der Waals surface area contributed by atoms with Crippen molar-refractivity contribution in [2.24, 2.45) is 5.92 Å². The van der Waals surface area contributed by atoms with Crippen LogP contribution in [0.2, 0.25) is 0 Å². The Morgan fingerprint density at radius 2 is 1.89 bits per heavy atom. The number of hydrogen-bond donors (Lipinski definition) is 1. The van der Waals surface area contributed by atoms with Gasteiger partial charge < -0.3 is 10.2 Å². The molecule has 2 fully saturated rings. The Hall–Kier alpha value is -1.06. The van der Waals surface area contributed by atoms with Crippen molar-refractivity contribution < 1.29 is 9.59 Å². The lowest BCUT2D eigenvalue weighted by molar-refractivity contribution is -0.152. The molecule has 0 aromatic carbocycles. The largest absolute Gasteiger partial charge is 0.343 e. The van der Waals surface area contributed by atoms with Crippen molar-refractivity contribution in [3.63, 3.8) is 0 Å². The second-order valence-corrected chi connectivity index (χ2v) is 6.06. The van der Waals surface area contributed by atoms with Gasteiger partial charge in [0.25, 0.3) is 0 Å². The number of carbonyl (C=O) groups excluding carboxylic acids is 2. The van der Waals surface area contributed by atoms with Crippen molar-refractivity contribution in [3.05, 3.63) is 0 Å². The van der Waals surface area contributed by atoms with E-state index in [-0.39, 0.29) is 29.9 Å². The first-order valence-electron chi connectivity index (χ1n) is 7.13. The first-order chi connectivity index (χ1) is 8.50. The molecule has 4 heteroatoms. The average molecular weight is 252 g/mol. The molecule has 1 heterocycles. The Bertz CT molecular complexity index is 335. The maximum Gasteiger partial charge on any atom is 0.245 e. The summed E-state index contributed by atoms with van der Waals surface area (Å²) in [6.07, 6.45) is 5.24. The molecule has 0 spiro atoms. The first kappa shape index (κ1) is 13.4. The van der Waals surface area contributed by atoms with Crippen LogP contribution in [0.3, 0.4) is 0 Å². The van der Waals surface area contributed by atoms with Gasteiger partial charge >= 0.3 is 0 Å². The molecule has 0 aromatic rings. The SMILES string of the molecule is CC(C)CC1C(=O)NC(C)C(=O)N1C1CCCC1. The highest BCUT2D eigenvalue weighted by Gasteiger charge is 2.42. The highest BCUT2D eigenvalue weighted by atomic mass is 16.2. The summed E-state index contributed by atoms with van der Waals surface area (Å²) in [6, 6.07) is -0.326.